The molecule has 2 N–H and O–H groups in total. The van der Waals surface area contributed by atoms with E-state index in [2.05, 4.69) is 5.32 Å². The van der Waals surface area contributed by atoms with E-state index in [1.165, 1.54) is 9.80 Å². The first-order valence-corrected chi connectivity index (χ1v) is 9.27. The van der Waals surface area contributed by atoms with Gasteiger partial charge in [-0.3, -0.25) is 14.5 Å². The number of benzene rings is 1. The summed E-state index contributed by atoms with van der Waals surface area (Å²) in [5.74, 6) is -0.380. The monoisotopic (exact) mass is 375 g/mol. The van der Waals surface area contributed by atoms with Gasteiger partial charge in [-0.15, -0.1) is 0 Å². The number of hydrogen-bond donors (Lipinski definition) is 2. The Labute approximate surface area is 160 Å². The molecule has 27 heavy (non-hydrogen) atoms. The number of carbonyl (C=O) groups is 3. The summed E-state index contributed by atoms with van der Waals surface area (Å²) in [4.78, 5) is 38.2. The van der Waals surface area contributed by atoms with Crippen molar-refractivity contribution in [2.24, 2.45) is 5.41 Å². The van der Waals surface area contributed by atoms with Gasteiger partial charge in [0.2, 0.25) is 11.8 Å². The van der Waals surface area contributed by atoms with Crippen molar-refractivity contribution in [3.63, 3.8) is 0 Å². The Morgan fingerprint density at radius 1 is 1.30 bits per heavy atom. The lowest BCUT2D eigenvalue weighted by Crippen LogP contribution is -2.44. The van der Waals surface area contributed by atoms with Crippen LogP contribution in [0.4, 0.5) is 4.79 Å². The van der Waals surface area contributed by atoms with Crippen molar-refractivity contribution < 1.29 is 19.5 Å². The molecule has 0 radical (unpaired) electrons. The van der Waals surface area contributed by atoms with Crippen LogP contribution in [0.5, 0.6) is 0 Å². The predicted molar refractivity (Wildman–Crippen MR) is 102 cm³/mol. The zero-order chi connectivity index (χ0) is 20.0. The SMILES string of the molecule is C[C@@H](O)[C@@](C)(CNC(=O)CCCN1C(=O)CN(C)C1=O)Cc1ccccc1. The average molecular weight is 375 g/mol. The molecule has 4 amide bonds. The molecule has 2 atom stereocenters. The van der Waals surface area contributed by atoms with Gasteiger partial charge in [0.15, 0.2) is 0 Å². The molecule has 1 fully saturated rings. The van der Waals surface area contributed by atoms with Crippen molar-refractivity contribution in [2.75, 3.05) is 26.7 Å². The van der Waals surface area contributed by atoms with Gasteiger partial charge in [0.1, 0.15) is 6.54 Å². The van der Waals surface area contributed by atoms with E-state index >= 15 is 0 Å². The molecule has 0 spiro atoms. The van der Waals surface area contributed by atoms with Gasteiger partial charge in [-0.1, -0.05) is 37.3 Å². The van der Waals surface area contributed by atoms with Crippen LogP contribution in [0.1, 0.15) is 32.3 Å². The normalized spacial score (nSPS) is 17.8. The fourth-order valence-corrected chi connectivity index (χ4v) is 3.10. The summed E-state index contributed by atoms with van der Waals surface area (Å²) in [6, 6.07) is 9.54. The molecule has 1 aromatic carbocycles. The fourth-order valence-electron chi connectivity index (χ4n) is 3.10. The molecule has 1 aromatic rings. The summed E-state index contributed by atoms with van der Waals surface area (Å²) in [7, 11) is 1.58. The second-order valence-corrected chi connectivity index (χ2v) is 7.56. The van der Waals surface area contributed by atoms with Gasteiger partial charge in [0, 0.05) is 32.0 Å². The molecule has 0 unspecified atom stereocenters. The number of urea groups is 1. The molecule has 2 rings (SSSR count). The van der Waals surface area contributed by atoms with Crippen LogP contribution >= 0.6 is 0 Å². The molecule has 0 aliphatic carbocycles. The van der Waals surface area contributed by atoms with E-state index in [4.69, 9.17) is 0 Å². The third-order valence-corrected chi connectivity index (χ3v) is 5.17. The molecule has 0 saturated carbocycles. The molecule has 7 heteroatoms. The summed E-state index contributed by atoms with van der Waals surface area (Å²) in [6.45, 7) is 4.37. The maximum absolute atomic E-state index is 12.2. The highest BCUT2D eigenvalue weighted by atomic mass is 16.3. The number of amides is 4. The van der Waals surface area contributed by atoms with E-state index in [1.54, 1.807) is 14.0 Å². The van der Waals surface area contributed by atoms with E-state index in [0.29, 0.717) is 19.4 Å². The van der Waals surface area contributed by atoms with E-state index in [-0.39, 0.29) is 37.4 Å². The average Bonchev–Trinajstić information content (AvgIpc) is 2.87. The highest BCUT2D eigenvalue weighted by Crippen LogP contribution is 2.26. The third kappa shape index (κ3) is 5.53. The smallest absolute Gasteiger partial charge is 0.326 e. The van der Waals surface area contributed by atoms with Crippen LogP contribution in [-0.2, 0) is 16.0 Å². The van der Waals surface area contributed by atoms with Gasteiger partial charge in [0.25, 0.3) is 0 Å². The van der Waals surface area contributed by atoms with Crippen LogP contribution in [0.2, 0.25) is 0 Å². The van der Waals surface area contributed by atoms with Gasteiger partial charge in [0.05, 0.1) is 6.10 Å². The lowest BCUT2D eigenvalue weighted by Gasteiger charge is -2.33. The van der Waals surface area contributed by atoms with Gasteiger partial charge < -0.3 is 15.3 Å². The number of nitrogens with one attached hydrogen (secondary N) is 1. The topological polar surface area (TPSA) is 89.9 Å². The second-order valence-electron chi connectivity index (χ2n) is 7.56. The number of aliphatic hydroxyl groups excluding tert-OH is 1. The first kappa shape index (κ1) is 20.9. The highest BCUT2D eigenvalue weighted by molar-refractivity contribution is 6.01. The summed E-state index contributed by atoms with van der Waals surface area (Å²) in [5.41, 5.74) is 0.617. The number of aliphatic hydroxyl groups is 1. The van der Waals surface area contributed by atoms with Gasteiger partial charge in [-0.2, -0.15) is 0 Å². The lowest BCUT2D eigenvalue weighted by atomic mass is 9.79. The van der Waals surface area contributed by atoms with Crippen molar-refractivity contribution in [3.8, 4) is 0 Å². The van der Waals surface area contributed by atoms with E-state index < -0.39 is 11.5 Å². The molecule has 1 heterocycles. The van der Waals surface area contributed by atoms with E-state index in [9.17, 15) is 19.5 Å². The van der Waals surface area contributed by atoms with Gasteiger partial charge >= 0.3 is 6.03 Å². The molecule has 1 aliphatic heterocycles. The number of nitrogens with zero attached hydrogens (tertiary/aromatic N) is 2. The second kappa shape index (κ2) is 8.99. The number of carbonyl (C=O) groups excluding carboxylic acids is 3. The van der Waals surface area contributed by atoms with Gasteiger partial charge in [-0.25, -0.2) is 4.79 Å². The Balaban J connectivity index is 1.80. The summed E-state index contributed by atoms with van der Waals surface area (Å²) in [5, 5.41) is 13.1. The molecular weight excluding hydrogens is 346 g/mol. The summed E-state index contributed by atoms with van der Waals surface area (Å²) >= 11 is 0. The summed E-state index contributed by atoms with van der Waals surface area (Å²) < 4.78 is 0. The van der Waals surface area contributed by atoms with E-state index in [0.717, 1.165) is 5.56 Å². The van der Waals surface area contributed by atoms with Crippen LogP contribution in [0.25, 0.3) is 0 Å². The maximum atomic E-state index is 12.2. The highest BCUT2D eigenvalue weighted by Gasteiger charge is 2.33. The Morgan fingerprint density at radius 3 is 2.52 bits per heavy atom. The van der Waals surface area contributed by atoms with Crippen LogP contribution in [0.3, 0.4) is 0 Å². The van der Waals surface area contributed by atoms with Crippen molar-refractivity contribution in [2.45, 2.75) is 39.2 Å². The minimum absolute atomic E-state index is 0.0945. The van der Waals surface area contributed by atoms with Crippen molar-refractivity contribution in [3.05, 3.63) is 35.9 Å². The van der Waals surface area contributed by atoms with Crippen molar-refractivity contribution >= 4 is 17.8 Å². The fraction of sp³-hybridized carbons (Fsp3) is 0.550. The maximum Gasteiger partial charge on any atom is 0.326 e. The standard InChI is InChI=1S/C20H29N3O4/c1-15(24)20(2,12-16-8-5-4-6-9-16)14-21-17(25)10-7-11-23-18(26)13-22(3)19(23)27/h4-6,8-9,15,24H,7,10-14H2,1-3H3,(H,21,25)/t15-,20-/m1/s1. The van der Waals surface area contributed by atoms with Crippen LogP contribution < -0.4 is 5.32 Å². The lowest BCUT2D eigenvalue weighted by molar-refractivity contribution is -0.126. The Kier molecular flexibility index (Phi) is 6.96. The van der Waals surface area contributed by atoms with Crippen molar-refractivity contribution in [1.82, 2.24) is 15.1 Å². The Hall–Kier alpha value is -2.41. The molecule has 1 saturated heterocycles. The molecule has 0 bridgehead atoms. The molecular formula is C20H29N3O4. The quantitative estimate of drug-likeness (QED) is 0.639. The molecule has 0 aromatic heterocycles. The van der Waals surface area contributed by atoms with Crippen LogP contribution in [0.15, 0.2) is 30.3 Å². The third-order valence-electron chi connectivity index (χ3n) is 5.17. The Morgan fingerprint density at radius 2 is 1.96 bits per heavy atom. The molecule has 1 aliphatic rings. The minimum Gasteiger partial charge on any atom is -0.393 e. The minimum atomic E-state index is -0.589. The van der Waals surface area contributed by atoms with Crippen LogP contribution in [0, 0.1) is 5.41 Å². The van der Waals surface area contributed by atoms with Crippen LogP contribution in [-0.4, -0.2) is 65.5 Å². The predicted octanol–water partition coefficient (Wildman–Crippen LogP) is 1.41. The van der Waals surface area contributed by atoms with Gasteiger partial charge in [-0.05, 0) is 25.3 Å². The zero-order valence-electron chi connectivity index (χ0n) is 16.3. The van der Waals surface area contributed by atoms with E-state index in [1.807, 2.05) is 37.3 Å². The number of likely N-dealkylation sites (N-methyl/N-ethyl adjacent to an activating group) is 1. The molecule has 148 valence electrons. The largest absolute Gasteiger partial charge is 0.393 e. The van der Waals surface area contributed by atoms with Crippen molar-refractivity contribution in [1.29, 1.82) is 0 Å². The summed E-state index contributed by atoms with van der Waals surface area (Å²) in [6.07, 6.45) is 0.700. The Bertz CT molecular complexity index is 677. The first-order valence-electron chi connectivity index (χ1n) is 9.27. The number of rotatable bonds is 9. The zero-order valence-corrected chi connectivity index (χ0v) is 16.3. The molecule has 7 nitrogen and oxygen atoms in total. The number of imide groups is 1. The number of hydrogen-bond acceptors (Lipinski definition) is 4. The first-order chi connectivity index (χ1) is 12.7.